The van der Waals surface area contributed by atoms with Crippen molar-refractivity contribution >= 4 is 12.6 Å². The van der Waals surface area contributed by atoms with Gasteiger partial charge < -0.3 is 23.5 Å². The molecule has 1 aliphatic heterocycles. The molecule has 1 unspecified atom stereocenters. The van der Waals surface area contributed by atoms with Gasteiger partial charge in [0.2, 0.25) is 5.88 Å². The minimum Gasteiger partial charge on any atom is -0.480 e. The molecule has 0 N–H and O–H groups in total. The SMILES string of the molecule is COCOc1cc(-c2cnnc(OC)c2)ccc1B1OC(C)C(C)(C)O1. The second-order valence-corrected chi connectivity index (χ2v) is 6.62. The largest absolute Gasteiger partial charge is 0.498 e. The van der Waals surface area contributed by atoms with E-state index in [0.717, 1.165) is 16.6 Å². The van der Waals surface area contributed by atoms with Gasteiger partial charge in [-0.25, -0.2) is 0 Å². The summed E-state index contributed by atoms with van der Waals surface area (Å²) in [7, 11) is 2.64. The van der Waals surface area contributed by atoms with E-state index in [4.69, 9.17) is 23.5 Å². The van der Waals surface area contributed by atoms with Gasteiger partial charge in [-0.05, 0) is 32.4 Å². The zero-order chi connectivity index (χ0) is 18.7. The summed E-state index contributed by atoms with van der Waals surface area (Å²) in [4.78, 5) is 0. The van der Waals surface area contributed by atoms with E-state index in [9.17, 15) is 0 Å². The number of methoxy groups -OCH3 is 2. The van der Waals surface area contributed by atoms with Crippen molar-refractivity contribution in [3.05, 3.63) is 30.5 Å². The number of hydrogen-bond acceptors (Lipinski definition) is 7. The second kappa shape index (κ2) is 7.61. The summed E-state index contributed by atoms with van der Waals surface area (Å²) < 4.78 is 28.0. The van der Waals surface area contributed by atoms with Crippen molar-refractivity contribution in [3.63, 3.8) is 0 Å². The summed E-state index contributed by atoms with van der Waals surface area (Å²) in [6.45, 7) is 6.15. The number of hydrogen-bond donors (Lipinski definition) is 0. The number of benzene rings is 1. The molecule has 1 aromatic carbocycles. The third kappa shape index (κ3) is 3.82. The van der Waals surface area contributed by atoms with E-state index < -0.39 is 7.12 Å². The quantitative estimate of drug-likeness (QED) is 0.578. The van der Waals surface area contributed by atoms with E-state index in [2.05, 4.69) is 10.2 Å². The maximum atomic E-state index is 6.06. The highest BCUT2D eigenvalue weighted by Gasteiger charge is 2.45. The molecule has 138 valence electrons. The van der Waals surface area contributed by atoms with Crippen LogP contribution in [0.1, 0.15) is 20.8 Å². The highest BCUT2D eigenvalue weighted by atomic mass is 16.7. The Balaban J connectivity index is 1.95. The molecule has 0 amide bonds. The van der Waals surface area contributed by atoms with Crippen LogP contribution in [0.5, 0.6) is 11.6 Å². The highest BCUT2D eigenvalue weighted by molar-refractivity contribution is 6.63. The molecule has 0 aliphatic carbocycles. The van der Waals surface area contributed by atoms with Crippen molar-refractivity contribution in [2.75, 3.05) is 21.0 Å². The lowest BCUT2D eigenvalue weighted by molar-refractivity contribution is 0.0517. The summed E-state index contributed by atoms with van der Waals surface area (Å²) >= 11 is 0. The minimum atomic E-state index is -0.494. The zero-order valence-corrected chi connectivity index (χ0v) is 15.7. The van der Waals surface area contributed by atoms with E-state index in [0.29, 0.717) is 11.6 Å². The molecule has 1 saturated heterocycles. The lowest BCUT2D eigenvalue weighted by Gasteiger charge is -2.21. The number of aromatic nitrogens is 2. The van der Waals surface area contributed by atoms with E-state index in [1.165, 1.54) is 0 Å². The first-order valence-corrected chi connectivity index (χ1v) is 8.40. The van der Waals surface area contributed by atoms with Gasteiger partial charge in [0.25, 0.3) is 0 Å². The molecule has 0 saturated carbocycles. The first-order valence-electron chi connectivity index (χ1n) is 8.40. The fourth-order valence-corrected chi connectivity index (χ4v) is 2.65. The van der Waals surface area contributed by atoms with Crippen molar-refractivity contribution in [2.24, 2.45) is 0 Å². The van der Waals surface area contributed by atoms with Crippen molar-refractivity contribution < 1.29 is 23.5 Å². The van der Waals surface area contributed by atoms with Crippen LogP contribution in [0.2, 0.25) is 0 Å². The molecule has 26 heavy (non-hydrogen) atoms. The normalized spacial score (nSPS) is 18.8. The first-order chi connectivity index (χ1) is 12.4. The van der Waals surface area contributed by atoms with Crippen LogP contribution in [0.15, 0.2) is 30.5 Å². The zero-order valence-electron chi connectivity index (χ0n) is 15.7. The van der Waals surface area contributed by atoms with Gasteiger partial charge in [-0.3, -0.25) is 0 Å². The Morgan fingerprint density at radius 3 is 2.65 bits per heavy atom. The molecule has 3 rings (SSSR count). The van der Waals surface area contributed by atoms with E-state index in [1.807, 2.05) is 45.0 Å². The molecule has 1 fully saturated rings. The van der Waals surface area contributed by atoms with Crippen LogP contribution in [0.4, 0.5) is 0 Å². The molecular weight excluding hydrogens is 335 g/mol. The fraction of sp³-hybridized carbons (Fsp3) is 0.444. The maximum absolute atomic E-state index is 6.06. The van der Waals surface area contributed by atoms with E-state index in [-0.39, 0.29) is 18.5 Å². The lowest BCUT2D eigenvalue weighted by Crippen LogP contribution is -2.35. The number of nitrogens with zero attached hydrogens (tertiary/aromatic N) is 2. The third-order valence-corrected chi connectivity index (χ3v) is 4.49. The highest BCUT2D eigenvalue weighted by Crippen LogP contribution is 2.30. The van der Waals surface area contributed by atoms with Gasteiger partial charge in [-0.2, -0.15) is 5.10 Å². The summed E-state index contributed by atoms with van der Waals surface area (Å²) in [5.74, 6) is 1.08. The molecule has 0 radical (unpaired) electrons. The molecule has 2 heterocycles. The molecule has 1 atom stereocenters. The van der Waals surface area contributed by atoms with Crippen LogP contribution < -0.4 is 14.9 Å². The fourth-order valence-electron chi connectivity index (χ4n) is 2.65. The van der Waals surface area contributed by atoms with Crippen LogP contribution in [-0.4, -0.2) is 50.0 Å². The Labute approximate surface area is 153 Å². The van der Waals surface area contributed by atoms with E-state index >= 15 is 0 Å². The number of ether oxygens (including phenoxy) is 3. The van der Waals surface area contributed by atoms with Gasteiger partial charge >= 0.3 is 7.12 Å². The predicted molar refractivity (Wildman–Crippen MR) is 97.6 cm³/mol. The van der Waals surface area contributed by atoms with E-state index in [1.54, 1.807) is 20.4 Å². The van der Waals surface area contributed by atoms with Crippen LogP contribution >= 0.6 is 0 Å². The Hall–Kier alpha value is -2.16. The van der Waals surface area contributed by atoms with Crippen LogP contribution in [0.3, 0.4) is 0 Å². The summed E-state index contributed by atoms with van der Waals surface area (Å²) in [5.41, 5.74) is 2.23. The molecule has 0 bridgehead atoms. The maximum Gasteiger partial charge on any atom is 0.498 e. The Kier molecular flexibility index (Phi) is 5.45. The van der Waals surface area contributed by atoms with Crippen molar-refractivity contribution in [1.29, 1.82) is 0 Å². The molecule has 8 heteroatoms. The topological polar surface area (TPSA) is 71.9 Å². The summed E-state index contributed by atoms with van der Waals surface area (Å²) in [5, 5.41) is 7.86. The average molecular weight is 358 g/mol. The third-order valence-electron chi connectivity index (χ3n) is 4.49. The molecular formula is C18H23BN2O5. The van der Waals surface area contributed by atoms with Crippen molar-refractivity contribution in [2.45, 2.75) is 32.5 Å². The van der Waals surface area contributed by atoms with Crippen molar-refractivity contribution in [1.82, 2.24) is 10.2 Å². The van der Waals surface area contributed by atoms with Crippen molar-refractivity contribution in [3.8, 4) is 22.8 Å². The van der Waals surface area contributed by atoms with Gasteiger partial charge in [0, 0.05) is 24.2 Å². The first kappa shape index (κ1) is 18.6. The monoisotopic (exact) mass is 358 g/mol. The Morgan fingerprint density at radius 2 is 2.00 bits per heavy atom. The molecule has 1 aliphatic rings. The van der Waals surface area contributed by atoms with Gasteiger partial charge in [0.05, 0.1) is 25.0 Å². The average Bonchev–Trinajstić information content (AvgIpc) is 2.92. The van der Waals surface area contributed by atoms with Crippen LogP contribution in [-0.2, 0) is 14.0 Å². The standard InChI is InChI=1S/C18H23BN2O5/c1-12-18(2,3)26-19(25-12)15-7-6-13(8-16(15)24-11-22-4)14-9-17(23-5)21-20-10-14/h6-10,12H,11H2,1-5H3. The van der Waals surface area contributed by atoms with Gasteiger partial charge in [-0.1, -0.05) is 12.1 Å². The molecule has 1 aromatic heterocycles. The van der Waals surface area contributed by atoms with Gasteiger partial charge in [-0.15, -0.1) is 5.10 Å². The van der Waals surface area contributed by atoms with Gasteiger partial charge in [0.15, 0.2) is 6.79 Å². The summed E-state index contributed by atoms with van der Waals surface area (Å²) in [6.07, 6.45) is 1.64. The lowest BCUT2D eigenvalue weighted by atomic mass is 9.77. The molecule has 7 nitrogen and oxygen atoms in total. The predicted octanol–water partition coefficient (Wildman–Crippen LogP) is 2.04. The number of rotatable bonds is 6. The molecule has 2 aromatic rings. The van der Waals surface area contributed by atoms with Crippen LogP contribution in [0, 0.1) is 0 Å². The summed E-state index contributed by atoms with van der Waals surface area (Å²) in [6, 6.07) is 7.63. The Morgan fingerprint density at radius 1 is 1.19 bits per heavy atom. The Bertz CT molecular complexity index is 771. The second-order valence-electron chi connectivity index (χ2n) is 6.62. The van der Waals surface area contributed by atoms with Crippen LogP contribution in [0.25, 0.3) is 11.1 Å². The minimum absolute atomic E-state index is 0.0314. The molecule has 0 spiro atoms. The smallest absolute Gasteiger partial charge is 0.480 e. The van der Waals surface area contributed by atoms with Gasteiger partial charge in [0.1, 0.15) is 5.75 Å².